The van der Waals surface area contributed by atoms with Gasteiger partial charge in [-0.05, 0) is 84.6 Å². The van der Waals surface area contributed by atoms with E-state index < -0.39 is 22.7 Å². The molecule has 62 heavy (non-hydrogen) atoms. The molecule has 0 aliphatic carbocycles. The van der Waals surface area contributed by atoms with Crippen molar-refractivity contribution in [3.63, 3.8) is 0 Å². The first-order valence-electron chi connectivity index (χ1n) is 20.0. The third kappa shape index (κ3) is 10.8. The Morgan fingerprint density at radius 3 is 2.08 bits per heavy atom. The largest absolute Gasteiger partial charge is 0.497 e. The van der Waals surface area contributed by atoms with Gasteiger partial charge in [0.05, 0.1) is 61.8 Å². The van der Waals surface area contributed by atoms with Crippen molar-refractivity contribution in [3.05, 3.63) is 153 Å². The SMILES string of the molecule is CCN(COC(=O)N1CC(OCCC(=O)NC)CC1COC(c1ccccc1)(c1ccc(OC)cc1)c1ccc(OC)cc1)c1ccc(N=Nc2ccc([N+](=O)[O-])cc2Cl)cc1. The van der Waals surface area contributed by atoms with E-state index in [0.29, 0.717) is 35.8 Å². The van der Waals surface area contributed by atoms with Crippen molar-refractivity contribution in [1.82, 2.24) is 10.2 Å². The minimum Gasteiger partial charge on any atom is -0.497 e. The van der Waals surface area contributed by atoms with Crippen LogP contribution in [-0.4, -0.2) is 88.3 Å². The Labute approximate surface area is 365 Å². The Kier molecular flexibility index (Phi) is 15.5. The molecule has 2 unspecified atom stereocenters. The molecule has 1 N–H and O–H groups in total. The maximum atomic E-state index is 14.1. The highest BCUT2D eigenvalue weighted by atomic mass is 35.5. The number of rotatable bonds is 19. The third-order valence-electron chi connectivity index (χ3n) is 10.6. The van der Waals surface area contributed by atoms with Crippen LogP contribution in [0.3, 0.4) is 0 Å². The lowest BCUT2D eigenvalue weighted by Gasteiger charge is -2.38. The number of amides is 2. The predicted molar refractivity (Wildman–Crippen MR) is 235 cm³/mol. The number of hydrogen-bond acceptors (Lipinski definition) is 12. The van der Waals surface area contributed by atoms with Gasteiger partial charge in [-0.2, -0.15) is 5.11 Å². The van der Waals surface area contributed by atoms with Gasteiger partial charge in [-0.3, -0.25) is 14.9 Å². The minimum atomic E-state index is -1.12. The Morgan fingerprint density at radius 1 is 0.887 bits per heavy atom. The summed E-state index contributed by atoms with van der Waals surface area (Å²) in [4.78, 5) is 40.2. The highest BCUT2D eigenvalue weighted by molar-refractivity contribution is 6.33. The van der Waals surface area contributed by atoms with Crippen LogP contribution in [-0.2, 0) is 24.6 Å². The van der Waals surface area contributed by atoms with E-state index in [1.807, 2.05) is 103 Å². The molecule has 0 spiro atoms. The summed E-state index contributed by atoms with van der Waals surface area (Å²) in [5, 5.41) is 22.2. The Morgan fingerprint density at radius 2 is 1.52 bits per heavy atom. The van der Waals surface area contributed by atoms with E-state index in [1.54, 1.807) is 38.3 Å². The third-order valence-corrected chi connectivity index (χ3v) is 10.9. The molecule has 2 amide bonds. The van der Waals surface area contributed by atoms with Crippen molar-refractivity contribution in [3.8, 4) is 11.5 Å². The zero-order valence-electron chi connectivity index (χ0n) is 34.9. The van der Waals surface area contributed by atoms with E-state index >= 15 is 0 Å². The number of nitrogens with zero attached hydrogens (tertiary/aromatic N) is 5. The molecule has 1 aliphatic rings. The number of nitro benzene ring substituents is 1. The molecule has 0 radical (unpaired) electrons. The number of anilines is 1. The minimum absolute atomic E-state index is 0.0491. The smallest absolute Gasteiger partial charge is 0.411 e. The molecule has 16 heteroatoms. The lowest BCUT2D eigenvalue weighted by Crippen LogP contribution is -2.43. The molecular weight excluding hydrogens is 816 g/mol. The highest BCUT2D eigenvalue weighted by Gasteiger charge is 2.42. The maximum Gasteiger partial charge on any atom is 0.411 e. The van der Waals surface area contributed by atoms with Gasteiger partial charge in [0.15, 0.2) is 6.73 Å². The quantitative estimate of drug-likeness (QED) is 0.0278. The lowest BCUT2D eigenvalue weighted by atomic mass is 9.80. The van der Waals surface area contributed by atoms with Crippen molar-refractivity contribution in [1.29, 1.82) is 0 Å². The molecule has 0 bridgehead atoms. The number of halogens is 1. The van der Waals surface area contributed by atoms with Gasteiger partial charge in [-0.1, -0.05) is 66.2 Å². The van der Waals surface area contributed by atoms with Crippen LogP contribution in [0.5, 0.6) is 11.5 Å². The summed E-state index contributed by atoms with van der Waals surface area (Å²) < 4.78 is 30.4. The first-order valence-corrected chi connectivity index (χ1v) is 20.4. The molecule has 5 aromatic carbocycles. The van der Waals surface area contributed by atoms with Gasteiger partial charge in [0.2, 0.25) is 5.91 Å². The second-order valence-electron chi connectivity index (χ2n) is 14.3. The summed E-state index contributed by atoms with van der Waals surface area (Å²) in [6, 6.07) is 36.1. The summed E-state index contributed by atoms with van der Waals surface area (Å²) in [5.41, 5.74) is 2.90. The average molecular weight is 865 g/mol. The predicted octanol–water partition coefficient (Wildman–Crippen LogP) is 9.21. The second-order valence-corrected chi connectivity index (χ2v) is 14.7. The normalized spacial score (nSPS) is 15.0. The van der Waals surface area contributed by atoms with Crippen LogP contribution in [0.1, 0.15) is 36.5 Å². The van der Waals surface area contributed by atoms with Gasteiger partial charge >= 0.3 is 6.09 Å². The number of likely N-dealkylation sites (tertiary alicyclic amines) is 1. The number of methoxy groups -OCH3 is 2. The molecule has 5 aromatic rings. The number of hydrogen-bond donors (Lipinski definition) is 1. The van der Waals surface area contributed by atoms with Crippen LogP contribution in [0, 0.1) is 10.1 Å². The van der Waals surface area contributed by atoms with E-state index in [-0.39, 0.29) is 55.6 Å². The summed E-state index contributed by atoms with van der Waals surface area (Å²) in [6.07, 6.45) is -0.295. The monoisotopic (exact) mass is 864 g/mol. The van der Waals surface area contributed by atoms with Crippen molar-refractivity contribution in [2.24, 2.45) is 10.2 Å². The summed E-state index contributed by atoms with van der Waals surface area (Å²) >= 11 is 6.18. The van der Waals surface area contributed by atoms with Gasteiger partial charge in [0.25, 0.3) is 5.69 Å². The standard InChI is InChI=1S/C46H49ClN6O9/c1-5-51(36-17-15-35(16-18-36)49-50-43-24-19-37(53(56)57)28-42(43)47)31-61-45(55)52-29-41(60-26-25-44(54)48-2)27-38(52)30-62-46(32-9-7-6-8-10-32,33-11-20-39(58-3)21-12-33)34-13-22-40(59-4)23-14-34/h6-24,28,38,41H,5,25-27,29-31H2,1-4H3,(H,48,54). The van der Waals surface area contributed by atoms with Crippen LogP contribution in [0.25, 0.3) is 0 Å². The summed E-state index contributed by atoms with van der Waals surface area (Å²) in [5.74, 6) is 1.24. The van der Waals surface area contributed by atoms with Crippen LogP contribution in [0.15, 0.2) is 132 Å². The van der Waals surface area contributed by atoms with E-state index in [9.17, 15) is 19.7 Å². The molecule has 6 rings (SSSR count). The molecule has 1 fully saturated rings. The molecule has 1 aliphatic heterocycles. The number of azo groups is 1. The number of nitro groups is 1. The molecule has 2 atom stereocenters. The fourth-order valence-electron chi connectivity index (χ4n) is 7.21. The molecule has 324 valence electrons. The van der Waals surface area contributed by atoms with E-state index in [1.165, 1.54) is 18.2 Å². The van der Waals surface area contributed by atoms with Gasteiger partial charge in [-0.15, -0.1) is 5.11 Å². The summed E-state index contributed by atoms with van der Waals surface area (Å²) in [6.45, 7) is 2.94. The zero-order valence-corrected chi connectivity index (χ0v) is 35.7. The molecule has 0 saturated carbocycles. The Hall–Kier alpha value is -6.55. The zero-order chi connectivity index (χ0) is 44.1. The number of carbonyl (C=O) groups excluding carboxylic acids is 2. The van der Waals surface area contributed by atoms with Crippen molar-refractivity contribution in [2.45, 2.75) is 37.5 Å². The number of non-ortho nitro benzene ring substituents is 1. The van der Waals surface area contributed by atoms with Crippen LogP contribution >= 0.6 is 11.6 Å². The summed E-state index contributed by atoms with van der Waals surface area (Å²) in [7, 11) is 4.82. The van der Waals surface area contributed by atoms with Crippen LogP contribution in [0.4, 0.5) is 27.5 Å². The highest BCUT2D eigenvalue weighted by Crippen LogP contribution is 2.42. The first kappa shape index (κ1) is 45.0. The van der Waals surface area contributed by atoms with E-state index in [2.05, 4.69) is 15.5 Å². The van der Waals surface area contributed by atoms with Gasteiger partial charge < -0.3 is 38.8 Å². The van der Waals surface area contributed by atoms with E-state index in [4.69, 9.17) is 35.3 Å². The van der Waals surface area contributed by atoms with Crippen LogP contribution < -0.4 is 19.7 Å². The Bertz CT molecular complexity index is 2250. The topological polar surface area (TPSA) is 167 Å². The number of ether oxygens (including phenoxy) is 5. The van der Waals surface area contributed by atoms with Crippen molar-refractivity contribution < 1.29 is 38.2 Å². The number of nitrogens with one attached hydrogen (secondary N) is 1. The molecule has 1 saturated heterocycles. The van der Waals surface area contributed by atoms with Gasteiger partial charge in [-0.25, -0.2) is 4.79 Å². The molecular formula is C46H49ClN6O9. The average Bonchev–Trinajstić information content (AvgIpc) is 3.72. The van der Waals surface area contributed by atoms with E-state index in [0.717, 1.165) is 22.4 Å². The lowest BCUT2D eigenvalue weighted by molar-refractivity contribution is -0.384. The van der Waals surface area contributed by atoms with Crippen molar-refractivity contribution >= 4 is 46.4 Å². The molecule has 1 heterocycles. The van der Waals surface area contributed by atoms with Crippen LogP contribution in [0.2, 0.25) is 5.02 Å². The molecule has 15 nitrogen and oxygen atoms in total. The fraction of sp³-hybridized carbons (Fsp3) is 0.304. The number of carbonyl (C=O) groups is 2. The first-order chi connectivity index (χ1) is 30.1. The number of benzene rings is 5. The van der Waals surface area contributed by atoms with Gasteiger partial charge in [0.1, 0.15) is 22.8 Å². The Balaban J connectivity index is 1.22. The molecule has 0 aromatic heterocycles. The van der Waals surface area contributed by atoms with Crippen molar-refractivity contribution in [2.75, 3.05) is 59.2 Å². The van der Waals surface area contributed by atoms with Gasteiger partial charge in [0, 0.05) is 37.8 Å². The fourth-order valence-corrected chi connectivity index (χ4v) is 7.42. The second kappa shape index (κ2) is 21.3. The maximum absolute atomic E-state index is 14.1.